The number of hydrogen-bond acceptors (Lipinski definition) is 6. The van der Waals surface area contributed by atoms with Gasteiger partial charge in [0.1, 0.15) is 5.69 Å². The van der Waals surface area contributed by atoms with E-state index in [4.69, 9.17) is 28.9 Å². The topological polar surface area (TPSA) is 98.4 Å². The van der Waals surface area contributed by atoms with Crippen LogP contribution in [0.25, 0.3) is 0 Å². The minimum absolute atomic E-state index is 0.0283. The second-order valence-corrected chi connectivity index (χ2v) is 4.66. The molecule has 0 aliphatic carbocycles. The largest absolute Gasteiger partial charge is 0.469 e. The summed E-state index contributed by atoms with van der Waals surface area (Å²) in [6.45, 7) is 0.127. The Balaban J connectivity index is 2.28. The Hall–Kier alpha value is -1.60. The van der Waals surface area contributed by atoms with Gasteiger partial charge in [0.05, 0.1) is 13.0 Å². The molecule has 2 N–H and O–H groups in total. The summed E-state index contributed by atoms with van der Waals surface area (Å²) in [6.07, 6.45) is 0.0373. The lowest BCUT2D eigenvalue weighted by Crippen LogP contribution is -2.28. The second-order valence-electron chi connectivity index (χ2n) is 3.95. The molecular weight excluding hydrogens is 295 g/mol. The molecule has 7 nitrogen and oxygen atoms in total. The van der Waals surface area contributed by atoms with Crippen molar-refractivity contribution in [3.05, 3.63) is 10.3 Å². The molecule has 0 bridgehead atoms. The maximum absolute atomic E-state index is 11.8. The number of rotatable bonds is 2. The van der Waals surface area contributed by atoms with Crippen LogP contribution in [0.1, 0.15) is 6.42 Å². The van der Waals surface area contributed by atoms with Gasteiger partial charge in [-0.15, -0.1) is 0 Å². The van der Waals surface area contributed by atoms with Gasteiger partial charge in [0, 0.05) is 13.0 Å². The molecule has 1 aliphatic rings. The Morgan fingerprint density at radius 2 is 2.00 bits per heavy atom. The fraction of sp³-hybridized carbons (Fsp3) is 0.400. The Bertz CT molecular complexity index is 529. The highest BCUT2D eigenvalue weighted by Gasteiger charge is 2.37. The number of halogens is 2. The molecule has 1 aliphatic heterocycles. The second kappa shape index (κ2) is 5.18. The minimum Gasteiger partial charge on any atom is -0.469 e. The summed E-state index contributed by atoms with van der Waals surface area (Å²) in [5.41, 5.74) is 5.56. The first-order valence-corrected chi connectivity index (χ1v) is 6.06. The Morgan fingerprint density at radius 1 is 1.42 bits per heavy atom. The van der Waals surface area contributed by atoms with Crippen LogP contribution in [0.15, 0.2) is 0 Å². The molecule has 1 atom stereocenters. The van der Waals surface area contributed by atoms with Crippen molar-refractivity contribution in [2.75, 3.05) is 24.3 Å². The number of nitrogen functional groups attached to an aromatic ring is 1. The number of ether oxygens (including phenoxy) is 1. The first kappa shape index (κ1) is 13.8. The van der Waals surface area contributed by atoms with E-state index in [-0.39, 0.29) is 40.8 Å². The number of esters is 1. The summed E-state index contributed by atoms with van der Waals surface area (Å²) in [6, 6.07) is 0. The van der Waals surface area contributed by atoms with Crippen LogP contribution in [0.2, 0.25) is 10.3 Å². The fourth-order valence-corrected chi connectivity index (χ4v) is 2.13. The van der Waals surface area contributed by atoms with Gasteiger partial charge in [0.2, 0.25) is 11.9 Å². The first-order valence-electron chi connectivity index (χ1n) is 5.30. The number of nitrogens with two attached hydrogens (primary N) is 1. The average molecular weight is 305 g/mol. The maximum Gasteiger partial charge on any atom is 0.311 e. The number of anilines is 2. The highest BCUT2D eigenvalue weighted by molar-refractivity contribution is 6.37. The zero-order chi connectivity index (χ0) is 14.2. The van der Waals surface area contributed by atoms with Gasteiger partial charge in [-0.05, 0) is 0 Å². The van der Waals surface area contributed by atoms with Crippen LogP contribution in [-0.2, 0) is 14.3 Å². The van der Waals surface area contributed by atoms with Crippen LogP contribution in [0.5, 0.6) is 0 Å². The van der Waals surface area contributed by atoms with Crippen LogP contribution in [0.3, 0.4) is 0 Å². The smallest absolute Gasteiger partial charge is 0.311 e. The number of nitrogens with zero attached hydrogens (tertiary/aromatic N) is 3. The molecule has 1 aromatic heterocycles. The lowest BCUT2D eigenvalue weighted by atomic mass is 10.1. The van der Waals surface area contributed by atoms with Crippen molar-refractivity contribution >= 4 is 46.7 Å². The molecule has 0 saturated carbocycles. The lowest BCUT2D eigenvalue weighted by molar-refractivity contribution is -0.145. The monoisotopic (exact) mass is 304 g/mol. The van der Waals surface area contributed by atoms with Gasteiger partial charge in [-0.1, -0.05) is 23.2 Å². The van der Waals surface area contributed by atoms with E-state index in [1.165, 1.54) is 12.0 Å². The summed E-state index contributed by atoms with van der Waals surface area (Å²) >= 11 is 11.6. The summed E-state index contributed by atoms with van der Waals surface area (Å²) in [4.78, 5) is 32.2. The lowest BCUT2D eigenvalue weighted by Gasteiger charge is -2.15. The third kappa shape index (κ3) is 2.57. The highest BCUT2D eigenvalue weighted by Crippen LogP contribution is 2.29. The molecular formula is C10H10Cl2N4O3. The predicted octanol–water partition coefficient (Wildman–Crippen LogP) is 0.892. The molecule has 2 heterocycles. The number of aromatic nitrogens is 2. The first-order chi connectivity index (χ1) is 8.93. The summed E-state index contributed by atoms with van der Waals surface area (Å²) in [7, 11) is 1.27. The number of carbonyl (C=O) groups excluding carboxylic acids is 2. The minimum atomic E-state index is -0.545. The van der Waals surface area contributed by atoms with Crippen molar-refractivity contribution in [2.45, 2.75) is 6.42 Å². The highest BCUT2D eigenvalue weighted by atomic mass is 35.5. The normalized spacial score (nSPS) is 18.8. The van der Waals surface area contributed by atoms with E-state index < -0.39 is 11.9 Å². The summed E-state index contributed by atoms with van der Waals surface area (Å²) in [5, 5.41) is -0.0753. The molecule has 102 valence electrons. The van der Waals surface area contributed by atoms with Crippen molar-refractivity contribution in [1.29, 1.82) is 0 Å². The van der Waals surface area contributed by atoms with E-state index in [0.29, 0.717) is 0 Å². The van der Waals surface area contributed by atoms with Crippen molar-refractivity contribution in [3.63, 3.8) is 0 Å². The molecule has 2 rings (SSSR count). The molecule has 1 amide bonds. The van der Waals surface area contributed by atoms with Gasteiger partial charge in [0.15, 0.2) is 10.3 Å². The van der Waals surface area contributed by atoms with Crippen molar-refractivity contribution in [3.8, 4) is 0 Å². The maximum atomic E-state index is 11.8. The van der Waals surface area contributed by atoms with Crippen molar-refractivity contribution < 1.29 is 14.3 Å². The van der Waals surface area contributed by atoms with E-state index in [1.807, 2.05) is 0 Å². The van der Waals surface area contributed by atoms with Crippen molar-refractivity contribution in [2.24, 2.45) is 5.92 Å². The van der Waals surface area contributed by atoms with Crippen molar-refractivity contribution in [1.82, 2.24) is 9.97 Å². The van der Waals surface area contributed by atoms with Gasteiger partial charge in [-0.3, -0.25) is 14.5 Å². The predicted molar refractivity (Wildman–Crippen MR) is 68.9 cm³/mol. The van der Waals surface area contributed by atoms with Gasteiger partial charge in [-0.25, -0.2) is 0 Å². The van der Waals surface area contributed by atoms with Gasteiger partial charge in [-0.2, -0.15) is 9.97 Å². The molecule has 9 heteroatoms. The molecule has 0 radical (unpaired) electrons. The van der Waals surface area contributed by atoms with E-state index in [0.717, 1.165) is 0 Å². The third-order valence-corrected chi connectivity index (χ3v) is 3.32. The van der Waals surface area contributed by atoms with Gasteiger partial charge < -0.3 is 10.5 Å². The number of carbonyl (C=O) groups is 2. The molecule has 1 unspecified atom stereocenters. The Labute approximate surface area is 118 Å². The summed E-state index contributed by atoms with van der Waals surface area (Å²) in [5.74, 6) is -1.27. The van der Waals surface area contributed by atoms with Crippen LogP contribution in [0.4, 0.5) is 11.6 Å². The zero-order valence-corrected chi connectivity index (χ0v) is 11.4. The standard InChI is InChI=1S/C10H10Cl2N4O3/c1-19-9(18)4-2-5(17)16(3-4)10-14-7(11)6(13)8(12)15-10/h4H,2-3,13H2,1H3. The Morgan fingerprint density at radius 3 is 2.53 bits per heavy atom. The molecule has 1 aromatic rings. The number of methoxy groups -OCH3 is 1. The SMILES string of the molecule is COC(=O)C1CC(=O)N(c2nc(Cl)c(N)c(Cl)n2)C1. The van der Waals surface area contributed by atoms with E-state index in [1.54, 1.807) is 0 Å². The zero-order valence-electron chi connectivity index (χ0n) is 9.89. The molecule has 1 fully saturated rings. The van der Waals surface area contributed by atoms with Crippen LogP contribution >= 0.6 is 23.2 Å². The van der Waals surface area contributed by atoms with Crippen LogP contribution < -0.4 is 10.6 Å². The molecule has 1 saturated heterocycles. The van der Waals surface area contributed by atoms with Crippen LogP contribution in [-0.4, -0.2) is 35.5 Å². The molecule has 19 heavy (non-hydrogen) atoms. The third-order valence-electron chi connectivity index (χ3n) is 2.74. The average Bonchev–Trinajstić information content (AvgIpc) is 2.76. The van der Waals surface area contributed by atoms with Crippen LogP contribution in [0, 0.1) is 5.92 Å². The molecule has 0 spiro atoms. The number of hydrogen-bond donors (Lipinski definition) is 1. The van der Waals surface area contributed by atoms with Gasteiger partial charge in [0.25, 0.3) is 0 Å². The number of amides is 1. The molecule has 0 aromatic carbocycles. The van der Waals surface area contributed by atoms with E-state index in [9.17, 15) is 9.59 Å². The van der Waals surface area contributed by atoms with E-state index in [2.05, 4.69) is 14.7 Å². The summed E-state index contributed by atoms with van der Waals surface area (Å²) < 4.78 is 4.60. The Kier molecular flexibility index (Phi) is 3.77. The van der Waals surface area contributed by atoms with E-state index >= 15 is 0 Å². The van der Waals surface area contributed by atoms with Gasteiger partial charge >= 0.3 is 5.97 Å². The quantitative estimate of drug-likeness (QED) is 0.643. The fourth-order valence-electron chi connectivity index (χ4n) is 1.75.